The fourth-order valence-corrected chi connectivity index (χ4v) is 5.28. The third-order valence-corrected chi connectivity index (χ3v) is 7.27. The summed E-state index contributed by atoms with van der Waals surface area (Å²) in [6.07, 6.45) is 6.57. The van der Waals surface area contributed by atoms with Gasteiger partial charge in [-0.3, -0.25) is 23.6 Å². The van der Waals surface area contributed by atoms with Crippen molar-refractivity contribution in [1.82, 2.24) is 18.9 Å². The molecule has 0 radical (unpaired) electrons. The summed E-state index contributed by atoms with van der Waals surface area (Å²) >= 11 is 0. The minimum absolute atomic E-state index is 0.162. The summed E-state index contributed by atoms with van der Waals surface area (Å²) in [7, 11) is 3.23. The van der Waals surface area contributed by atoms with Crippen LogP contribution in [0, 0.1) is 5.92 Å². The molecular formula is C25H34N4O3. The molecule has 3 heterocycles. The monoisotopic (exact) mass is 438 g/mol. The molecule has 4 rings (SSSR count). The van der Waals surface area contributed by atoms with Crippen LogP contribution in [-0.4, -0.2) is 50.5 Å². The van der Waals surface area contributed by atoms with Crippen LogP contribution < -0.4 is 11.2 Å². The predicted octanol–water partition coefficient (Wildman–Crippen LogP) is 2.38. The number of hydrogen-bond donors (Lipinski definition) is 0. The van der Waals surface area contributed by atoms with Gasteiger partial charge in [0.25, 0.3) is 11.5 Å². The van der Waals surface area contributed by atoms with Crippen LogP contribution in [0.15, 0.2) is 46.0 Å². The Morgan fingerprint density at radius 3 is 2.34 bits per heavy atom. The lowest BCUT2D eigenvalue weighted by Crippen LogP contribution is -2.48. The van der Waals surface area contributed by atoms with Crippen LogP contribution in [0.5, 0.6) is 0 Å². The summed E-state index contributed by atoms with van der Waals surface area (Å²) in [4.78, 5) is 42.0. The highest BCUT2D eigenvalue weighted by Crippen LogP contribution is 2.31. The smallest absolute Gasteiger partial charge is 0.330 e. The number of nitrogens with zero attached hydrogens (tertiary/aromatic N) is 4. The SMILES string of the molecule is Cn1c(CN2CCC([C@H]3CCCCCN3C(=O)c3ccccc3)CC2)cc(=O)n(C)c1=O. The Morgan fingerprint density at radius 1 is 0.906 bits per heavy atom. The first kappa shape index (κ1) is 22.5. The number of benzene rings is 1. The van der Waals surface area contributed by atoms with Crippen molar-refractivity contribution in [2.45, 2.75) is 51.1 Å². The lowest BCUT2D eigenvalue weighted by Gasteiger charge is -2.41. The number of hydrogen-bond acceptors (Lipinski definition) is 4. The summed E-state index contributed by atoms with van der Waals surface area (Å²) in [5.74, 6) is 0.652. The van der Waals surface area contributed by atoms with Crippen molar-refractivity contribution in [1.29, 1.82) is 0 Å². The molecule has 1 amide bonds. The van der Waals surface area contributed by atoms with Crippen LogP contribution >= 0.6 is 0 Å². The number of likely N-dealkylation sites (tertiary alicyclic amines) is 2. The minimum Gasteiger partial charge on any atom is -0.335 e. The molecule has 0 aliphatic carbocycles. The summed E-state index contributed by atoms with van der Waals surface area (Å²) in [5.41, 5.74) is 0.998. The normalized spacial score (nSPS) is 20.8. The standard InChI is InChI=1S/C25H34N4O3/c1-26-21(17-23(30)27(2)25(26)32)18-28-15-12-19(13-16-28)22-11-7-4-8-14-29(22)24(31)20-9-5-3-6-10-20/h3,5-6,9-10,17,19,22H,4,7-8,11-16,18H2,1-2H3/t22-/m1/s1. The van der Waals surface area contributed by atoms with Crippen molar-refractivity contribution in [3.63, 3.8) is 0 Å². The van der Waals surface area contributed by atoms with Gasteiger partial charge in [-0.2, -0.15) is 0 Å². The van der Waals surface area contributed by atoms with E-state index in [2.05, 4.69) is 9.80 Å². The highest BCUT2D eigenvalue weighted by Gasteiger charge is 2.34. The Bertz CT molecular complexity index is 1050. The maximum Gasteiger partial charge on any atom is 0.330 e. The second-order valence-corrected chi connectivity index (χ2v) is 9.27. The zero-order valence-electron chi connectivity index (χ0n) is 19.2. The predicted molar refractivity (Wildman–Crippen MR) is 125 cm³/mol. The van der Waals surface area contributed by atoms with Crippen molar-refractivity contribution < 1.29 is 4.79 Å². The molecule has 0 N–H and O–H groups in total. The molecule has 7 nitrogen and oxygen atoms in total. The van der Waals surface area contributed by atoms with Gasteiger partial charge in [0.2, 0.25) is 0 Å². The van der Waals surface area contributed by atoms with Gasteiger partial charge in [0.15, 0.2) is 0 Å². The van der Waals surface area contributed by atoms with Gasteiger partial charge >= 0.3 is 5.69 Å². The van der Waals surface area contributed by atoms with E-state index in [4.69, 9.17) is 0 Å². The van der Waals surface area contributed by atoms with E-state index in [0.717, 1.165) is 61.1 Å². The first-order valence-corrected chi connectivity index (χ1v) is 11.8. The number of rotatable bonds is 4. The van der Waals surface area contributed by atoms with Crippen molar-refractivity contribution >= 4 is 5.91 Å². The number of piperidine rings is 1. The Kier molecular flexibility index (Phi) is 6.94. The molecule has 0 unspecified atom stereocenters. The molecule has 1 atom stereocenters. The Balaban J connectivity index is 1.44. The summed E-state index contributed by atoms with van der Waals surface area (Å²) in [6.45, 7) is 3.27. The zero-order valence-corrected chi connectivity index (χ0v) is 19.2. The molecule has 32 heavy (non-hydrogen) atoms. The lowest BCUT2D eigenvalue weighted by molar-refractivity contribution is 0.0513. The molecule has 1 aromatic heterocycles. The van der Waals surface area contributed by atoms with Crippen molar-refractivity contribution in [3.8, 4) is 0 Å². The van der Waals surface area contributed by atoms with Gasteiger partial charge in [0.05, 0.1) is 0 Å². The molecule has 7 heteroatoms. The molecule has 2 aliphatic rings. The highest BCUT2D eigenvalue weighted by atomic mass is 16.2. The molecule has 1 aromatic carbocycles. The van der Waals surface area contributed by atoms with Crippen LogP contribution in [0.3, 0.4) is 0 Å². The highest BCUT2D eigenvalue weighted by molar-refractivity contribution is 5.94. The summed E-state index contributed by atoms with van der Waals surface area (Å²) < 4.78 is 2.71. The fourth-order valence-electron chi connectivity index (χ4n) is 5.28. The van der Waals surface area contributed by atoms with Gasteiger partial charge in [-0.1, -0.05) is 31.0 Å². The van der Waals surface area contributed by atoms with E-state index in [-0.39, 0.29) is 17.2 Å². The minimum atomic E-state index is -0.282. The van der Waals surface area contributed by atoms with Gasteiger partial charge in [0.1, 0.15) is 0 Å². The van der Waals surface area contributed by atoms with E-state index in [1.807, 2.05) is 30.3 Å². The lowest BCUT2D eigenvalue weighted by atomic mass is 9.85. The van der Waals surface area contributed by atoms with Gasteiger partial charge in [0, 0.05) is 50.6 Å². The van der Waals surface area contributed by atoms with Gasteiger partial charge in [-0.25, -0.2) is 4.79 Å². The number of carbonyl (C=O) groups excluding carboxylic acids is 1. The molecule has 2 saturated heterocycles. The molecule has 2 aromatic rings. The molecule has 0 saturated carbocycles. The topological polar surface area (TPSA) is 67.5 Å². The van der Waals surface area contributed by atoms with Gasteiger partial charge < -0.3 is 4.90 Å². The zero-order chi connectivity index (χ0) is 22.7. The molecule has 172 valence electrons. The average molecular weight is 439 g/mol. The van der Waals surface area contributed by atoms with Crippen molar-refractivity contribution in [2.24, 2.45) is 20.0 Å². The number of carbonyl (C=O) groups is 1. The molecule has 2 aliphatic heterocycles. The second-order valence-electron chi connectivity index (χ2n) is 9.27. The molecule has 0 spiro atoms. The van der Waals surface area contributed by atoms with E-state index >= 15 is 0 Å². The van der Waals surface area contributed by atoms with E-state index in [1.165, 1.54) is 19.9 Å². The van der Waals surface area contributed by atoms with Crippen LogP contribution in [-0.2, 0) is 20.6 Å². The van der Waals surface area contributed by atoms with E-state index in [0.29, 0.717) is 18.5 Å². The second kappa shape index (κ2) is 9.86. The first-order chi connectivity index (χ1) is 15.5. The Hall–Kier alpha value is -2.67. The number of amides is 1. The van der Waals surface area contributed by atoms with E-state index in [1.54, 1.807) is 17.7 Å². The Morgan fingerprint density at radius 2 is 1.62 bits per heavy atom. The van der Waals surface area contributed by atoms with Crippen LogP contribution in [0.2, 0.25) is 0 Å². The first-order valence-electron chi connectivity index (χ1n) is 11.8. The Labute approximate surface area is 189 Å². The number of aromatic nitrogens is 2. The molecule has 2 fully saturated rings. The van der Waals surface area contributed by atoms with E-state index in [9.17, 15) is 14.4 Å². The third-order valence-electron chi connectivity index (χ3n) is 7.27. The maximum atomic E-state index is 13.3. The van der Waals surface area contributed by atoms with Crippen molar-refractivity contribution in [2.75, 3.05) is 19.6 Å². The van der Waals surface area contributed by atoms with E-state index < -0.39 is 0 Å². The molecular weight excluding hydrogens is 404 g/mol. The summed E-state index contributed by atoms with van der Waals surface area (Å²) in [6, 6.07) is 11.5. The third kappa shape index (κ3) is 4.72. The van der Waals surface area contributed by atoms with Crippen LogP contribution in [0.1, 0.15) is 54.6 Å². The average Bonchev–Trinajstić information content (AvgIpc) is 3.08. The van der Waals surface area contributed by atoms with Crippen molar-refractivity contribution in [3.05, 3.63) is 68.5 Å². The molecule has 0 bridgehead atoms. The van der Waals surface area contributed by atoms with Crippen LogP contribution in [0.4, 0.5) is 0 Å². The summed E-state index contributed by atoms with van der Waals surface area (Å²) in [5, 5.41) is 0. The fraction of sp³-hybridized carbons (Fsp3) is 0.560. The quantitative estimate of drug-likeness (QED) is 0.735. The maximum absolute atomic E-state index is 13.3. The largest absolute Gasteiger partial charge is 0.335 e. The van der Waals surface area contributed by atoms with Gasteiger partial charge in [-0.15, -0.1) is 0 Å². The van der Waals surface area contributed by atoms with Gasteiger partial charge in [-0.05, 0) is 56.8 Å². The van der Waals surface area contributed by atoms with Crippen LogP contribution in [0.25, 0.3) is 0 Å².